The van der Waals surface area contributed by atoms with Crippen LogP contribution in [-0.2, 0) is 0 Å². The molecule has 0 radical (unpaired) electrons. The summed E-state index contributed by atoms with van der Waals surface area (Å²) in [6.07, 6.45) is 0. The predicted octanol–water partition coefficient (Wildman–Crippen LogP) is 5.69. The van der Waals surface area contributed by atoms with Crippen molar-refractivity contribution in [2.75, 3.05) is 38.2 Å². The van der Waals surface area contributed by atoms with Gasteiger partial charge in [-0.05, 0) is 30.3 Å². The Morgan fingerprint density at radius 1 is 0.816 bits per heavy atom. The SMILES string of the molecule is COc1cccc(C(=O)N2CCN(c3cc(-c4ccccc4)nc4cc(-c5cccc(Cl)c5)nn34)CC2)c1. The molecule has 8 heteroatoms. The summed E-state index contributed by atoms with van der Waals surface area (Å²) < 4.78 is 7.19. The van der Waals surface area contributed by atoms with E-state index in [1.54, 1.807) is 13.2 Å². The molecule has 0 N–H and O–H groups in total. The van der Waals surface area contributed by atoms with Crippen molar-refractivity contribution < 1.29 is 9.53 Å². The fraction of sp³-hybridized carbons (Fsp3) is 0.167. The molecule has 0 spiro atoms. The molecule has 6 rings (SSSR count). The van der Waals surface area contributed by atoms with Crippen molar-refractivity contribution >= 4 is 29.0 Å². The maximum Gasteiger partial charge on any atom is 0.254 e. The monoisotopic (exact) mass is 523 g/mol. The third-order valence-electron chi connectivity index (χ3n) is 6.81. The van der Waals surface area contributed by atoms with Crippen molar-refractivity contribution in [3.05, 3.63) is 102 Å². The average molecular weight is 524 g/mol. The van der Waals surface area contributed by atoms with Crippen LogP contribution in [0.15, 0.2) is 91.0 Å². The van der Waals surface area contributed by atoms with Crippen LogP contribution in [0.1, 0.15) is 10.4 Å². The number of nitrogens with zero attached hydrogens (tertiary/aromatic N) is 5. The first kappa shape index (κ1) is 24.0. The van der Waals surface area contributed by atoms with Gasteiger partial charge in [0.25, 0.3) is 5.91 Å². The van der Waals surface area contributed by atoms with Crippen LogP contribution in [0.25, 0.3) is 28.2 Å². The van der Waals surface area contributed by atoms with Gasteiger partial charge < -0.3 is 14.5 Å². The van der Waals surface area contributed by atoms with E-state index in [0.717, 1.165) is 34.0 Å². The number of hydrogen-bond acceptors (Lipinski definition) is 5. The largest absolute Gasteiger partial charge is 0.497 e. The van der Waals surface area contributed by atoms with Gasteiger partial charge in [0.05, 0.1) is 18.5 Å². The first-order chi connectivity index (χ1) is 18.6. The Labute approximate surface area is 225 Å². The minimum atomic E-state index is 0.00994. The summed E-state index contributed by atoms with van der Waals surface area (Å²) in [7, 11) is 1.61. The predicted molar refractivity (Wildman–Crippen MR) is 150 cm³/mol. The highest BCUT2D eigenvalue weighted by atomic mass is 35.5. The molecule has 0 aliphatic carbocycles. The summed E-state index contributed by atoms with van der Waals surface area (Å²) in [5, 5.41) is 5.58. The number of hydrogen-bond donors (Lipinski definition) is 0. The van der Waals surface area contributed by atoms with E-state index in [4.69, 9.17) is 26.4 Å². The van der Waals surface area contributed by atoms with E-state index < -0.39 is 0 Å². The lowest BCUT2D eigenvalue weighted by Gasteiger charge is -2.36. The lowest BCUT2D eigenvalue weighted by atomic mass is 10.1. The van der Waals surface area contributed by atoms with Crippen LogP contribution in [0, 0.1) is 0 Å². The van der Waals surface area contributed by atoms with Crippen LogP contribution in [-0.4, -0.2) is 58.7 Å². The lowest BCUT2D eigenvalue weighted by molar-refractivity contribution is 0.0746. The molecule has 0 unspecified atom stereocenters. The maximum atomic E-state index is 13.2. The van der Waals surface area contributed by atoms with E-state index in [-0.39, 0.29) is 5.91 Å². The van der Waals surface area contributed by atoms with Crippen LogP contribution >= 0.6 is 11.6 Å². The second-order valence-corrected chi connectivity index (χ2v) is 9.62. The molecule has 3 heterocycles. The Hall–Kier alpha value is -4.36. The number of amides is 1. The zero-order chi connectivity index (χ0) is 26.1. The lowest BCUT2D eigenvalue weighted by Crippen LogP contribution is -2.49. The number of methoxy groups -OCH3 is 1. The van der Waals surface area contributed by atoms with E-state index in [0.29, 0.717) is 42.5 Å². The first-order valence-electron chi connectivity index (χ1n) is 12.5. The van der Waals surface area contributed by atoms with Gasteiger partial charge in [-0.3, -0.25) is 4.79 Å². The molecule has 3 aromatic carbocycles. The first-order valence-corrected chi connectivity index (χ1v) is 12.9. The molecule has 1 aliphatic rings. The Morgan fingerprint density at radius 3 is 2.34 bits per heavy atom. The quantitative estimate of drug-likeness (QED) is 0.296. The summed E-state index contributed by atoms with van der Waals surface area (Å²) in [6.45, 7) is 2.55. The molecule has 0 saturated carbocycles. The highest BCUT2D eigenvalue weighted by molar-refractivity contribution is 6.30. The van der Waals surface area contributed by atoms with Gasteiger partial charge in [-0.25, -0.2) is 4.98 Å². The van der Waals surface area contributed by atoms with Gasteiger partial charge in [0.15, 0.2) is 5.65 Å². The average Bonchev–Trinajstić information content (AvgIpc) is 3.41. The standard InChI is InChI=1S/C30H26ClN5O2/c1-38-25-12-6-10-23(18-25)30(37)35-15-13-34(14-16-35)29-20-26(21-7-3-2-4-8-21)32-28-19-27(33-36(28)29)22-9-5-11-24(31)17-22/h2-12,17-20H,13-16H2,1H3. The van der Waals surface area contributed by atoms with Gasteiger partial charge in [-0.1, -0.05) is 60.1 Å². The van der Waals surface area contributed by atoms with E-state index >= 15 is 0 Å². The Morgan fingerprint density at radius 2 is 1.58 bits per heavy atom. The van der Waals surface area contributed by atoms with Gasteiger partial charge in [0.2, 0.25) is 0 Å². The Kier molecular flexibility index (Phi) is 6.43. The third kappa shape index (κ3) is 4.68. The zero-order valence-electron chi connectivity index (χ0n) is 20.9. The molecule has 1 saturated heterocycles. The molecular formula is C30H26ClN5O2. The molecule has 2 aromatic heterocycles. The van der Waals surface area contributed by atoms with E-state index in [1.807, 2.05) is 76.1 Å². The van der Waals surface area contributed by atoms with Crippen LogP contribution < -0.4 is 9.64 Å². The van der Waals surface area contributed by atoms with Gasteiger partial charge in [-0.15, -0.1) is 0 Å². The smallest absolute Gasteiger partial charge is 0.254 e. The van der Waals surface area contributed by atoms with Crippen LogP contribution in [0.4, 0.5) is 5.82 Å². The molecule has 1 aliphatic heterocycles. The molecular weight excluding hydrogens is 498 g/mol. The van der Waals surface area contributed by atoms with Gasteiger partial charge in [0.1, 0.15) is 11.6 Å². The number of aromatic nitrogens is 3. The van der Waals surface area contributed by atoms with Crippen molar-refractivity contribution in [3.8, 4) is 28.3 Å². The van der Waals surface area contributed by atoms with Crippen molar-refractivity contribution in [1.29, 1.82) is 0 Å². The summed E-state index contributed by atoms with van der Waals surface area (Å²) in [5.41, 5.74) is 5.04. The van der Waals surface area contributed by atoms with Gasteiger partial charge >= 0.3 is 0 Å². The minimum Gasteiger partial charge on any atom is -0.497 e. The second-order valence-electron chi connectivity index (χ2n) is 9.19. The number of carbonyl (C=O) groups is 1. The Bertz CT molecular complexity index is 1610. The number of benzene rings is 3. The number of halogens is 1. The number of anilines is 1. The van der Waals surface area contributed by atoms with Crippen molar-refractivity contribution in [1.82, 2.24) is 19.5 Å². The number of piperazine rings is 1. The number of carbonyl (C=O) groups excluding carboxylic acids is 1. The number of fused-ring (bicyclic) bond motifs is 1. The summed E-state index contributed by atoms with van der Waals surface area (Å²) in [5.74, 6) is 1.63. The molecule has 1 fully saturated rings. The summed E-state index contributed by atoms with van der Waals surface area (Å²) in [6, 6.07) is 29.2. The molecule has 0 atom stereocenters. The van der Waals surface area contributed by atoms with Crippen LogP contribution in [0.5, 0.6) is 5.75 Å². The topological polar surface area (TPSA) is 63.0 Å². The van der Waals surface area contributed by atoms with Gasteiger partial charge in [-0.2, -0.15) is 9.61 Å². The van der Waals surface area contributed by atoms with Crippen LogP contribution in [0.3, 0.4) is 0 Å². The molecule has 190 valence electrons. The summed E-state index contributed by atoms with van der Waals surface area (Å²) in [4.78, 5) is 22.3. The minimum absolute atomic E-state index is 0.00994. The van der Waals surface area contributed by atoms with E-state index in [1.165, 1.54) is 0 Å². The number of ether oxygens (including phenoxy) is 1. The van der Waals surface area contributed by atoms with Crippen molar-refractivity contribution in [2.45, 2.75) is 0 Å². The molecule has 38 heavy (non-hydrogen) atoms. The molecule has 1 amide bonds. The Balaban J connectivity index is 1.33. The maximum absolute atomic E-state index is 13.2. The second kappa shape index (κ2) is 10.2. The van der Waals surface area contributed by atoms with Crippen LogP contribution in [0.2, 0.25) is 5.02 Å². The third-order valence-corrected chi connectivity index (χ3v) is 7.04. The molecule has 0 bridgehead atoms. The molecule has 5 aromatic rings. The highest BCUT2D eigenvalue weighted by Gasteiger charge is 2.25. The van der Waals surface area contributed by atoms with Gasteiger partial charge in [0, 0.05) is 60.0 Å². The highest BCUT2D eigenvalue weighted by Crippen LogP contribution is 2.29. The normalized spacial score (nSPS) is 13.6. The van der Waals surface area contributed by atoms with E-state index in [9.17, 15) is 4.79 Å². The summed E-state index contributed by atoms with van der Waals surface area (Å²) >= 11 is 6.25. The fourth-order valence-corrected chi connectivity index (χ4v) is 5.00. The number of rotatable bonds is 5. The van der Waals surface area contributed by atoms with E-state index in [2.05, 4.69) is 23.1 Å². The fourth-order valence-electron chi connectivity index (χ4n) is 4.81. The van der Waals surface area contributed by atoms with Crippen molar-refractivity contribution in [2.24, 2.45) is 0 Å². The zero-order valence-corrected chi connectivity index (χ0v) is 21.7. The molecule has 7 nitrogen and oxygen atoms in total. The van der Waals surface area contributed by atoms with Crippen molar-refractivity contribution in [3.63, 3.8) is 0 Å².